The number of rotatable bonds is 4. The Bertz CT molecular complexity index is 310. The lowest BCUT2D eigenvalue weighted by Gasteiger charge is -1.98. The second-order valence-corrected chi connectivity index (χ2v) is 3.95. The van der Waals surface area contributed by atoms with E-state index >= 15 is 0 Å². The van der Waals surface area contributed by atoms with E-state index in [4.69, 9.17) is 4.42 Å². The third kappa shape index (κ3) is 3.02. The summed E-state index contributed by atoms with van der Waals surface area (Å²) < 4.78 is 5.60. The zero-order valence-corrected chi connectivity index (χ0v) is 9.50. The highest BCUT2D eigenvalue weighted by atomic mass is 16.4. The number of nitrogens with zero attached hydrogens (tertiary/aromatic N) is 1. The van der Waals surface area contributed by atoms with Crippen molar-refractivity contribution in [1.29, 1.82) is 0 Å². The SMILES string of the molecule is C/C=C(\C)CCc1ncc(C(C)C)o1. The molecule has 1 rings (SSSR count). The van der Waals surface area contributed by atoms with E-state index in [1.807, 2.05) is 6.20 Å². The molecule has 0 amide bonds. The molecule has 0 fully saturated rings. The van der Waals surface area contributed by atoms with Gasteiger partial charge in [0, 0.05) is 12.3 Å². The van der Waals surface area contributed by atoms with Gasteiger partial charge in [0.1, 0.15) is 5.76 Å². The number of allylic oxidation sites excluding steroid dienone is 2. The molecular weight excluding hydrogens is 174 g/mol. The van der Waals surface area contributed by atoms with E-state index in [1.54, 1.807) is 0 Å². The lowest BCUT2D eigenvalue weighted by Crippen LogP contribution is -1.86. The molecule has 1 heterocycles. The molecule has 0 aliphatic rings. The van der Waals surface area contributed by atoms with Crippen LogP contribution in [0.1, 0.15) is 51.7 Å². The number of aromatic nitrogens is 1. The monoisotopic (exact) mass is 193 g/mol. The van der Waals surface area contributed by atoms with Gasteiger partial charge in [-0.15, -0.1) is 0 Å². The van der Waals surface area contributed by atoms with Crippen LogP contribution in [-0.4, -0.2) is 4.98 Å². The fraction of sp³-hybridized carbons (Fsp3) is 0.583. The van der Waals surface area contributed by atoms with Crippen molar-refractivity contribution in [2.24, 2.45) is 0 Å². The Labute approximate surface area is 86.0 Å². The van der Waals surface area contributed by atoms with Crippen molar-refractivity contribution >= 4 is 0 Å². The zero-order chi connectivity index (χ0) is 10.6. The lowest BCUT2D eigenvalue weighted by atomic mass is 10.1. The van der Waals surface area contributed by atoms with E-state index in [1.165, 1.54) is 5.57 Å². The first-order chi connectivity index (χ1) is 6.63. The molecule has 2 heteroatoms. The van der Waals surface area contributed by atoms with Crippen molar-refractivity contribution in [3.8, 4) is 0 Å². The average molecular weight is 193 g/mol. The van der Waals surface area contributed by atoms with Gasteiger partial charge in [-0.05, 0) is 20.3 Å². The molecule has 0 saturated carbocycles. The van der Waals surface area contributed by atoms with Gasteiger partial charge in [0.15, 0.2) is 5.89 Å². The molecule has 0 unspecified atom stereocenters. The second kappa shape index (κ2) is 4.99. The van der Waals surface area contributed by atoms with Gasteiger partial charge < -0.3 is 4.42 Å². The molecule has 0 aliphatic carbocycles. The zero-order valence-electron chi connectivity index (χ0n) is 9.50. The van der Waals surface area contributed by atoms with Crippen molar-refractivity contribution in [3.05, 3.63) is 29.5 Å². The molecule has 0 radical (unpaired) electrons. The smallest absolute Gasteiger partial charge is 0.194 e. The first-order valence-electron chi connectivity index (χ1n) is 5.20. The predicted molar refractivity (Wildman–Crippen MR) is 58.3 cm³/mol. The Balaban J connectivity index is 2.52. The van der Waals surface area contributed by atoms with Gasteiger partial charge in [0.05, 0.1) is 6.20 Å². The summed E-state index contributed by atoms with van der Waals surface area (Å²) in [4.78, 5) is 4.25. The molecular formula is C12H19NO. The highest BCUT2D eigenvalue weighted by Crippen LogP contribution is 2.16. The molecule has 2 nitrogen and oxygen atoms in total. The largest absolute Gasteiger partial charge is 0.445 e. The molecule has 0 aliphatic heterocycles. The van der Waals surface area contributed by atoms with E-state index in [0.717, 1.165) is 24.5 Å². The second-order valence-electron chi connectivity index (χ2n) is 3.95. The quantitative estimate of drug-likeness (QED) is 0.681. The molecule has 1 aromatic rings. The van der Waals surface area contributed by atoms with Crippen molar-refractivity contribution < 1.29 is 4.42 Å². The molecule has 0 aromatic carbocycles. The number of aryl methyl sites for hydroxylation is 1. The summed E-state index contributed by atoms with van der Waals surface area (Å²) in [6.45, 7) is 8.42. The molecule has 0 bridgehead atoms. The van der Waals surface area contributed by atoms with Crippen LogP contribution in [0.3, 0.4) is 0 Å². The summed E-state index contributed by atoms with van der Waals surface area (Å²) in [6, 6.07) is 0. The fourth-order valence-corrected chi connectivity index (χ4v) is 1.16. The predicted octanol–water partition coefficient (Wildman–Crippen LogP) is 3.70. The number of hydrogen-bond donors (Lipinski definition) is 0. The normalized spacial score (nSPS) is 12.5. The Morgan fingerprint density at radius 3 is 2.79 bits per heavy atom. The standard InChI is InChI=1S/C12H19NO/c1-5-10(4)6-7-12-13-8-11(14-12)9(2)3/h5,8-9H,6-7H2,1-4H3/b10-5+. The van der Waals surface area contributed by atoms with Crippen LogP contribution in [0, 0.1) is 0 Å². The molecule has 0 spiro atoms. The topological polar surface area (TPSA) is 26.0 Å². The van der Waals surface area contributed by atoms with Gasteiger partial charge >= 0.3 is 0 Å². The number of hydrogen-bond acceptors (Lipinski definition) is 2. The number of oxazole rings is 1. The summed E-state index contributed by atoms with van der Waals surface area (Å²) in [7, 11) is 0. The maximum atomic E-state index is 5.60. The van der Waals surface area contributed by atoms with Gasteiger partial charge in [0.25, 0.3) is 0 Å². The van der Waals surface area contributed by atoms with Gasteiger partial charge in [-0.1, -0.05) is 25.5 Å². The molecule has 1 aromatic heterocycles. The molecule has 78 valence electrons. The highest BCUT2D eigenvalue weighted by Gasteiger charge is 2.06. The van der Waals surface area contributed by atoms with E-state index < -0.39 is 0 Å². The van der Waals surface area contributed by atoms with Gasteiger partial charge in [0.2, 0.25) is 0 Å². The summed E-state index contributed by atoms with van der Waals surface area (Å²) in [5, 5.41) is 0. The summed E-state index contributed by atoms with van der Waals surface area (Å²) in [6.07, 6.45) is 5.91. The Morgan fingerprint density at radius 2 is 2.29 bits per heavy atom. The van der Waals surface area contributed by atoms with Crippen LogP contribution < -0.4 is 0 Å². The molecule has 0 atom stereocenters. The van der Waals surface area contributed by atoms with E-state index in [9.17, 15) is 0 Å². The molecule has 0 N–H and O–H groups in total. The first kappa shape index (κ1) is 11.0. The van der Waals surface area contributed by atoms with Gasteiger partial charge in [-0.3, -0.25) is 0 Å². The van der Waals surface area contributed by atoms with E-state index in [2.05, 4.69) is 38.8 Å². The van der Waals surface area contributed by atoms with Gasteiger partial charge in [-0.25, -0.2) is 4.98 Å². The third-order valence-corrected chi connectivity index (χ3v) is 2.37. The fourth-order valence-electron chi connectivity index (χ4n) is 1.16. The summed E-state index contributed by atoms with van der Waals surface area (Å²) >= 11 is 0. The van der Waals surface area contributed by atoms with Crippen LogP contribution in [-0.2, 0) is 6.42 Å². The Kier molecular flexibility index (Phi) is 3.93. The Morgan fingerprint density at radius 1 is 1.57 bits per heavy atom. The Hall–Kier alpha value is -1.05. The summed E-state index contributed by atoms with van der Waals surface area (Å²) in [5.74, 6) is 2.27. The van der Waals surface area contributed by atoms with Crippen LogP contribution in [0.15, 0.2) is 22.3 Å². The average Bonchev–Trinajstić information content (AvgIpc) is 2.62. The molecule has 14 heavy (non-hydrogen) atoms. The minimum Gasteiger partial charge on any atom is -0.445 e. The van der Waals surface area contributed by atoms with Crippen LogP contribution in [0.4, 0.5) is 0 Å². The van der Waals surface area contributed by atoms with Crippen molar-refractivity contribution in [3.63, 3.8) is 0 Å². The van der Waals surface area contributed by atoms with E-state index in [-0.39, 0.29) is 0 Å². The third-order valence-electron chi connectivity index (χ3n) is 2.37. The maximum Gasteiger partial charge on any atom is 0.194 e. The van der Waals surface area contributed by atoms with Crippen LogP contribution >= 0.6 is 0 Å². The van der Waals surface area contributed by atoms with E-state index in [0.29, 0.717) is 5.92 Å². The van der Waals surface area contributed by atoms with Gasteiger partial charge in [-0.2, -0.15) is 0 Å². The minimum absolute atomic E-state index is 0.430. The van der Waals surface area contributed by atoms with Crippen molar-refractivity contribution in [2.75, 3.05) is 0 Å². The first-order valence-corrected chi connectivity index (χ1v) is 5.20. The molecule has 0 saturated heterocycles. The van der Waals surface area contributed by atoms with Crippen LogP contribution in [0.5, 0.6) is 0 Å². The van der Waals surface area contributed by atoms with Crippen molar-refractivity contribution in [1.82, 2.24) is 4.98 Å². The summed E-state index contributed by atoms with van der Waals surface area (Å²) in [5.41, 5.74) is 1.38. The van der Waals surface area contributed by atoms with Crippen LogP contribution in [0.2, 0.25) is 0 Å². The van der Waals surface area contributed by atoms with Crippen molar-refractivity contribution in [2.45, 2.75) is 46.5 Å². The highest BCUT2D eigenvalue weighted by molar-refractivity contribution is 5.02. The minimum atomic E-state index is 0.430. The van der Waals surface area contributed by atoms with Crippen LogP contribution in [0.25, 0.3) is 0 Å². The lowest BCUT2D eigenvalue weighted by molar-refractivity contribution is 0.438. The maximum absolute atomic E-state index is 5.60.